The number of benzene rings is 2. The highest BCUT2D eigenvalue weighted by molar-refractivity contribution is 6.30. The highest BCUT2D eigenvalue weighted by Crippen LogP contribution is 2.32. The molecular weight excluding hydrogens is 410 g/mol. The number of ether oxygens (including phenoxy) is 2. The SMILES string of the molecule is CCN(CC(=O)N1CC(=O)N(c2ccc(Cl)cc2)C1)C(=O)c1ccc2c(c1)OCO2. The standard InChI is InChI=1S/C21H20ClN3O5/c1-2-23(21(28)14-3-8-17-18(9-14)30-13-29-17)10-19(26)24-11-20(27)25(12-24)16-6-4-15(22)5-7-16/h3-9H,2,10-13H2,1H3. The smallest absolute Gasteiger partial charge is 0.254 e. The summed E-state index contributed by atoms with van der Waals surface area (Å²) in [6.45, 7) is 2.25. The number of rotatable bonds is 5. The van der Waals surface area contributed by atoms with E-state index in [-0.39, 0.29) is 44.3 Å². The molecule has 2 heterocycles. The van der Waals surface area contributed by atoms with Gasteiger partial charge in [-0.3, -0.25) is 19.3 Å². The van der Waals surface area contributed by atoms with Crippen LogP contribution in [0.2, 0.25) is 5.02 Å². The first-order valence-electron chi connectivity index (χ1n) is 9.49. The molecule has 9 heteroatoms. The average molecular weight is 430 g/mol. The van der Waals surface area contributed by atoms with Crippen molar-refractivity contribution in [3.05, 3.63) is 53.1 Å². The van der Waals surface area contributed by atoms with Gasteiger partial charge in [-0.2, -0.15) is 0 Å². The molecule has 0 radical (unpaired) electrons. The Morgan fingerprint density at radius 1 is 1.10 bits per heavy atom. The maximum absolute atomic E-state index is 12.9. The van der Waals surface area contributed by atoms with Gasteiger partial charge in [0.15, 0.2) is 11.5 Å². The van der Waals surface area contributed by atoms with Crippen LogP contribution >= 0.6 is 11.6 Å². The zero-order chi connectivity index (χ0) is 21.3. The van der Waals surface area contributed by atoms with Gasteiger partial charge in [0.25, 0.3) is 5.91 Å². The largest absolute Gasteiger partial charge is 0.454 e. The second-order valence-corrected chi connectivity index (χ2v) is 7.36. The van der Waals surface area contributed by atoms with Crippen LogP contribution in [0.15, 0.2) is 42.5 Å². The lowest BCUT2D eigenvalue weighted by atomic mass is 10.1. The van der Waals surface area contributed by atoms with Gasteiger partial charge < -0.3 is 19.3 Å². The normalized spacial score (nSPS) is 14.9. The quantitative estimate of drug-likeness (QED) is 0.729. The van der Waals surface area contributed by atoms with E-state index in [0.717, 1.165) is 0 Å². The van der Waals surface area contributed by atoms with Crippen LogP contribution in [-0.2, 0) is 9.59 Å². The monoisotopic (exact) mass is 429 g/mol. The summed E-state index contributed by atoms with van der Waals surface area (Å²) in [6, 6.07) is 11.8. The number of anilines is 1. The Morgan fingerprint density at radius 3 is 2.57 bits per heavy atom. The zero-order valence-electron chi connectivity index (χ0n) is 16.3. The fraction of sp³-hybridized carbons (Fsp3) is 0.286. The molecule has 3 amide bonds. The van der Waals surface area contributed by atoms with Crippen LogP contribution in [0.25, 0.3) is 0 Å². The summed E-state index contributed by atoms with van der Waals surface area (Å²) < 4.78 is 10.6. The molecule has 4 rings (SSSR count). The molecule has 0 atom stereocenters. The molecule has 1 fully saturated rings. The second-order valence-electron chi connectivity index (χ2n) is 6.92. The first-order valence-corrected chi connectivity index (χ1v) is 9.86. The van der Waals surface area contributed by atoms with Gasteiger partial charge >= 0.3 is 0 Å². The lowest BCUT2D eigenvalue weighted by Crippen LogP contribution is -2.42. The van der Waals surface area contributed by atoms with Crippen molar-refractivity contribution >= 4 is 35.0 Å². The molecule has 0 spiro atoms. The van der Waals surface area contributed by atoms with E-state index in [2.05, 4.69) is 0 Å². The van der Waals surface area contributed by atoms with E-state index in [1.165, 1.54) is 14.7 Å². The van der Waals surface area contributed by atoms with Gasteiger partial charge in [0.05, 0.1) is 0 Å². The molecule has 156 valence electrons. The van der Waals surface area contributed by atoms with Crippen molar-refractivity contribution in [1.82, 2.24) is 9.80 Å². The Morgan fingerprint density at radius 2 is 1.83 bits per heavy atom. The topological polar surface area (TPSA) is 79.4 Å². The minimum Gasteiger partial charge on any atom is -0.454 e. The van der Waals surface area contributed by atoms with Gasteiger partial charge in [-0.1, -0.05) is 11.6 Å². The number of hydrogen-bond donors (Lipinski definition) is 0. The van der Waals surface area contributed by atoms with Crippen LogP contribution in [0.3, 0.4) is 0 Å². The number of fused-ring (bicyclic) bond motifs is 1. The summed E-state index contributed by atoms with van der Waals surface area (Å²) in [5.74, 6) is 0.325. The Kier molecular flexibility index (Phi) is 5.50. The van der Waals surface area contributed by atoms with Crippen LogP contribution in [0.1, 0.15) is 17.3 Å². The Balaban J connectivity index is 1.42. The lowest BCUT2D eigenvalue weighted by Gasteiger charge is -2.24. The molecule has 8 nitrogen and oxygen atoms in total. The van der Waals surface area contributed by atoms with Crippen LogP contribution < -0.4 is 14.4 Å². The van der Waals surface area contributed by atoms with Gasteiger partial charge in [0, 0.05) is 22.8 Å². The van der Waals surface area contributed by atoms with Crippen LogP contribution in [0, 0.1) is 0 Å². The third kappa shape index (κ3) is 3.91. The molecule has 0 bridgehead atoms. The molecule has 1 saturated heterocycles. The lowest BCUT2D eigenvalue weighted by molar-refractivity contribution is -0.132. The predicted molar refractivity (Wildman–Crippen MR) is 110 cm³/mol. The van der Waals surface area contributed by atoms with E-state index >= 15 is 0 Å². The second kappa shape index (κ2) is 8.23. The zero-order valence-corrected chi connectivity index (χ0v) is 17.1. The number of hydrogen-bond acceptors (Lipinski definition) is 5. The van der Waals surface area contributed by atoms with Crippen LogP contribution in [0.5, 0.6) is 11.5 Å². The van der Waals surface area contributed by atoms with Crippen molar-refractivity contribution in [2.24, 2.45) is 0 Å². The van der Waals surface area contributed by atoms with Crippen LogP contribution in [0.4, 0.5) is 5.69 Å². The van der Waals surface area contributed by atoms with Gasteiger partial charge in [-0.05, 0) is 49.4 Å². The number of carbonyl (C=O) groups is 3. The van der Waals surface area contributed by atoms with Gasteiger partial charge in [-0.25, -0.2) is 0 Å². The summed E-state index contributed by atoms with van der Waals surface area (Å²) in [5.41, 5.74) is 1.08. The van der Waals surface area contributed by atoms with E-state index in [0.29, 0.717) is 34.3 Å². The van der Waals surface area contributed by atoms with E-state index in [4.69, 9.17) is 21.1 Å². The molecule has 0 unspecified atom stereocenters. The molecule has 2 aliphatic rings. The van der Waals surface area contributed by atoms with Crippen molar-refractivity contribution in [3.8, 4) is 11.5 Å². The maximum atomic E-state index is 12.9. The van der Waals surface area contributed by atoms with Gasteiger partial charge in [0.1, 0.15) is 19.8 Å². The number of amides is 3. The molecule has 2 aromatic rings. The maximum Gasteiger partial charge on any atom is 0.254 e. The molecule has 0 saturated carbocycles. The Bertz CT molecular complexity index is 995. The van der Waals surface area contributed by atoms with E-state index < -0.39 is 0 Å². The minimum atomic E-state index is -0.296. The molecular formula is C21H20ClN3O5. The van der Waals surface area contributed by atoms with E-state index in [1.54, 1.807) is 49.4 Å². The fourth-order valence-corrected chi connectivity index (χ4v) is 3.49. The van der Waals surface area contributed by atoms with Gasteiger partial charge in [-0.15, -0.1) is 0 Å². The summed E-state index contributed by atoms with van der Waals surface area (Å²) in [5, 5.41) is 0.568. The van der Waals surface area contributed by atoms with E-state index in [9.17, 15) is 14.4 Å². The minimum absolute atomic E-state index is 0.0305. The van der Waals surface area contributed by atoms with Crippen molar-refractivity contribution in [3.63, 3.8) is 0 Å². The number of nitrogens with zero attached hydrogens (tertiary/aromatic N) is 3. The average Bonchev–Trinajstić information content (AvgIpc) is 3.38. The van der Waals surface area contributed by atoms with Crippen LogP contribution in [-0.4, -0.2) is 60.6 Å². The number of halogens is 1. The van der Waals surface area contributed by atoms with Crippen molar-refractivity contribution in [2.45, 2.75) is 6.92 Å². The fourth-order valence-electron chi connectivity index (χ4n) is 3.36. The number of carbonyl (C=O) groups excluding carboxylic acids is 3. The highest BCUT2D eigenvalue weighted by Gasteiger charge is 2.33. The van der Waals surface area contributed by atoms with Crippen molar-refractivity contribution in [1.29, 1.82) is 0 Å². The molecule has 2 aliphatic heterocycles. The summed E-state index contributed by atoms with van der Waals surface area (Å²) in [4.78, 5) is 42.5. The third-order valence-electron chi connectivity index (χ3n) is 5.04. The molecule has 0 aliphatic carbocycles. The first-order chi connectivity index (χ1) is 14.5. The first kappa shape index (κ1) is 20.0. The van der Waals surface area contributed by atoms with Crippen molar-refractivity contribution < 1.29 is 23.9 Å². The molecule has 0 N–H and O–H groups in total. The molecule has 0 aromatic heterocycles. The van der Waals surface area contributed by atoms with E-state index in [1.807, 2.05) is 0 Å². The summed E-state index contributed by atoms with van der Waals surface area (Å²) in [6.07, 6.45) is 0. The number of likely N-dealkylation sites (N-methyl/N-ethyl adjacent to an activating group) is 1. The molecule has 30 heavy (non-hydrogen) atoms. The van der Waals surface area contributed by atoms with Gasteiger partial charge in [0.2, 0.25) is 18.6 Å². The summed E-state index contributed by atoms with van der Waals surface area (Å²) in [7, 11) is 0. The highest BCUT2D eigenvalue weighted by atomic mass is 35.5. The summed E-state index contributed by atoms with van der Waals surface area (Å²) >= 11 is 5.90. The predicted octanol–water partition coefficient (Wildman–Crippen LogP) is 2.36. The third-order valence-corrected chi connectivity index (χ3v) is 5.30. The molecule has 2 aromatic carbocycles. The Labute approximate surface area is 178 Å². The Hall–Kier alpha value is -3.26. The van der Waals surface area contributed by atoms with Crippen molar-refractivity contribution in [2.75, 3.05) is 38.0 Å².